The summed E-state index contributed by atoms with van der Waals surface area (Å²) in [7, 11) is 0. The largest absolute Gasteiger partial charge is 0.319 e. The van der Waals surface area contributed by atoms with E-state index in [1.54, 1.807) is 6.20 Å². The summed E-state index contributed by atoms with van der Waals surface area (Å²) >= 11 is 3.52. The molecule has 0 aliphatic heterocycles. The van der Waals surface area contributed by atoms with Gasteiger partial charge in [-0.15, -0.1) is 0 Å². The highest BCUT2D eigenvalue weighted by Crippen LogP contribution is 2.26. The summed E-state index contributed by atoms with van der Waals surface area (Å²) in [4.78, 5) is 4.29. The molecule has 18 heavy (non-hydrogen) atoms. The number of halogens is 1. The number of hydrogen-bond donors (Lipinski definition) is 1. The highest BCUT2D eigenvalue weighted by atomic mass is 79.9. The lowest BCUT2D eigenvalue weighted by atomic mass is 10.1. The molecule has 2 heterocycles. The van der Waals surface area contributed by atoms with Crippen LogP contribution in [0.5, 0.6) is 0 Å². The molecule has 0 aliphatic rings. The van der Waals surface area contributed by atoms with Crippen molar-refractivity contribution in [2.45, 2.75) is 32.9 Å². The molecule has 0 aromatic carbocycles. The van der Waals surface area contributed by atoms with Crippen LogP contribution in [0.2, 0.25) is 0 Å². The van der Waals surface area contributed by atoms with E-state index in [1.165, 1.54) is 0 Å². The molecule has 2 N–H and O–H groups in total. The Kier molecular flexibility index (Phi) is 4.14. The molecule has 2 rings (SSSR count). The van der Waals surface area contributed by atoms with Crippen molar-refractivity contribution in [3.05, 3.63) is 46.0 Å². The molecule has 0 fully saturated rings. The van der Waals surface area contributed by atoms with Gasteiger partial charge in [0.25, 0.3) is 0 Å². The van der Waals surface area contributed by atoms with Crippen molar-refractivity contribution < 1.29 is 0 Å². The van der Waals surface area contributed by atoms with Crippen LogP contribution in [0.3, 0.4) is 0 Å². The van der Waals surface area contributed by atoms with Crippen molar-refractivity contribution in [2.24, 2.45) is 5.73 Å². The summed E-state index contributed by atoms with van der Waals surface area (Å²) in [5.41, 5.74) is 9.31. The van der Waals surface area contributed by atoms with E-state index in [-0.39, 0.29) is 6.04 Å². The lowest BCUT2D eigenvalue weighted by molar-refractivity contribution is 0.558. The molecule has 0 saturated heterocycles. The zero-order valence-corrected chi connectivity index (χ0v) is 12.2. The molecule has 0 spiro atoms. The highest BCUT2D eigenvalue weighted by Gasteiger charge is 2.18. The van der Waals surface area contributed by atoms with E-state index >= 15 is 0 Å². The Bertz CT molecular complexity index is 518. The fraction of sp³-hybridized carbons (Fsp3) is 0.385. The molecule has 0 saturated carbocycles. The topological polar surface area (TPSA) is 56.7 Å². The highest BCUT2D eigenvalue weighted by molar-refractivity contribution is 9.10. The van der Waals surface area contributed by atoms with Gasteiger partial charge in [-0.2, -0.15) is 5.10 Å². The van der Waals surface area contributed by atoms with Gasteiger partial charge in [-0.05, 0) is 40.9 Å². The van der Waals surface area contributed by atoms with Gasteiger partial charge in [0.1, 0.15) is 0 Å². The van der Waals surface area contributed by atoms with Crippen molar-refractivity contribution in [2.75, 3.05) is 0 Å². The minimum Gasteiger partial charge on any atom is -0.319 e. The molecule has 96 valence electrons. The van der Waals surface area contributed by atoms with Crippen molar-refractivity contribution in [1.82, 2.24) is 14.8 Å². The number of nitrogens with zero attached hydrogens (tertiary/aromatic N) is 3. The predicted molar refractivity (Wildman–Crippen MR) is 75.2 cm³/mol. The minimum atomic E-state index is -0.207. The van der Waals surface area contributed by atoms with Crippen LogP contribution in [0.4, 0.5) is 0 Å². The zero-order valence-electron chi connectivity index (χ0n) is 10.6. The zero-order chi connectivity index (χ0) is 13.1. The summed E-state index contributed by atoms with van der Waals surface area (Å²) in [6.45, 7) is 4.96. The molecule has 0 radical (unpaired) electrons. The van der Waals surface area contributed by atoms with Gasteiger partial charge in [0.2, 0.25) is 0 Å². The van der Waals surface area contributed by atoms with E-state index in [1.807, 2.05) is 29.9 Å². The van der Waals surface area contributed by atoms with Crippen molar-refractivity contribution >= 4 is 15.9 Å². The second-order valence-corrected chi connectivity index (χ2v) is 5.17. The number of rotatable bonds is 4. The average molecular weight is 309 g/mol. The van der Waals surface area contributed by atoms with Gasteiger partial charge in [0.05, 0.1) is 22.4 Å². The van der Waals surface area contributed by atoms with Crippen molar-refractivity contribution in [1.29, 1.82) is 0 Å². The fourth-order valence-electron chi connectivity index (χ4n) is 1.89. The average Bonchev–Trinajstić information content (AvgIpc) is 2.71. The van der Waals surface area contributed by atoms with Gasteiger partial charge in [-0.25, -0.2) is 0 Å². The number of nitrogens with two attached hydrogens (primary N) is 1. The van der Waals surface area contributed by atoms with E-state index in [4.69, 9.17) is 5.73 Å². The first-order chi connectivity index (χ1) is 8.63. The smallest absolute Gasteiger partial charge is 0.0749 e. The first kappa shape index (κ1) is 13.2. The van der Waals surface area contributed by atoms with E-state index < -0.39 is 0 Å². The van der Waals surface area contributed by atoms with Crippen LogP contribution < -0.4 is 5.73 Å². The second kappa shape index (κ2) is 5.63. The monoisotopic (exact) mass is 308 g/mol. The van der Waals surface area contributed by atoms with Crippen LogP contribution in [-0.4, -0.2) is 14.8 Å². The number of pyridine rings is 1. The fourth-order valence-corrected chi connectivity index (χ4v) is 2.44. The first-order valence-corrected chi connectivity index (χ1v) is 6.82. The second-order valence-electron chi connectivity index (χ2n) is 4.31. The number of hydrogen-bond acceptors (Lipinski definition) is 3. The summed E-state index contributed by atoms with van der Waals surface area (Å²) < 4.78 is 2.90. The molecule has 0 amide bonds. The molecule has 1 unspecified atom stereocenters. The number of aromatic nitrogens is 3. The van der Waals surface area contributed by atoms with Crippen LogP contribution >= 0.6 is 15.9 Å². The van der Waals surface area contributed by atoms with Crippen molar-refractivity contribution in [3.63, 3.8) is 0 Å². The van der Waals surface area contributed by atoms with Crippen LogP contribution in [0, 0.1) is 6.92 Å². The van der Waals surface area contributed by atoms with E-state index in [9.17, 15) is 0 Å². The standard InChI is InChI=1S/C13H17BrN4/c1-3-6-18-13(11(14)8-17-18)12(15)10-5-4-9(2)16-7-10/h4-5,7-8,12H,3,6,15H2,1-2H3. The Labute approximate surface area is 115 Å². The van der Waals surface area contributed by atoms with Gasteiger partial charge in [0, 0.05) is 18.4 Å². The van der Waals surface area contributed by atoms with Gasteiger partial charge >= 0.3 is 0 Å². The SMILES string of the molecule is CCCn1ncc(Br)c1C(N)c1ccc(C)nc1. The Morgan fingerprint density at radius 1 is 1.39 bits per heavy atom. The maximum atomic E-state index is 6.31. The van der Waals surface area contributed by atoms with E-state index in [0.717, 1.165) is 34.4 Å². The first-order valence-electron chi connectivity index (χ1n) is 6.02. The predicted octanol–water partition coefficient (Wildman–Crippen LogP) is 2.81. The summed E-state index contributed by atoms with van der Waals surface area (Å²) in [6.07, 6.45) is 4.65. The maximum absolute atomic E-state index is 6.31. The molecule has 4 nitrogen and oxygen atoms in total. The lowest BCUT2D eigenvalue weighted by Gasteiger charge is -2.15. The molecule has 1 atom stereocenters. The summed E-state index contributed by atoms with van der Waals surface area (Å²) in [6, 6.07) is 3.79. The normalized spacial score (nSPS) is 12.7. The Morgan fingerprint density at radius 3 is 2.78 bits per heavy atom. The maximum Gasteiger partial charge on any atom is 0.0749 e. The van der Waals surface area contributed by atoms with Gasteiger partial charge in [-0.1, -0.05) is 13.0 Å². The van der Waals surface area contributed by atoms with E-state index in [2.05, 4.69) is 32.9 Å². The molecular formula is C13H17BrN4. The molecular weight excluding hydrogens is 292 g/mol. The Morgan fingerprint density at radius 2 is 2.17 bits per heavy atom. The van der Waals surface area contributed by atoms with Gasteiger partial charge in [-0.3, -0.25) is 9.67 Å². The summed E-state index contributed by atoms with van der Waals surface area (Å²) in [5, 5.41) is 4.34. The molecule has 5 heteroatoms. The van der Waals surface area contributed by atoms with Crippen LogP contribution in [-0.2, 0) is 6.54 Å². The minimum absolute atomic E-state index is 0.207. The van der Waals surface area contributed by atoms with Gasteiger partial charge in [0.15, 0.2) is 0 Å². The van der Waals surface area contributed by atoms with Crippen molar-refractivity contribution in [3.8, 4) is 0 Å². The van der Waals surface area contributed by atoms with Crippen LogP contribution in [0.15, 0.2) is 29.0 Å². The number of aryl methyl sites for hydroxylation is 2. The quantitative estimate of drug-likeness (QED) is 0.945. The van der Waals surface area contributed by atoms with Crippen LogP contribution in [0.25, 0.3) is 0 Å². The molecule has 0 aliphatic carbocycles. The third-order valence-corrected chi connectivity index (χ3v) is 3.47. The third kappa shape index (κ3) is 2.62. The Hall–Kier alpha value is -1.20. The van der Waals surface area contributed by atoms with Crippen LogP contribution in [0.1, 0.15) is 36.3 Å². The Balaban J connectivity index is 2.35. The summed E-state index contributed by atoms with van der Waals surface area (Å²) in [5.74, 6) is 0. The molecule has 2 aromatic rings. The lowest BCUT2D eigenvalue weighted by Crippen LogP contribution is -2.18. The van der Waals surface area contributed by atoms with Gasteiger partial charge < -0.3 is 5.73 Å². The molecule has 2 aromatic heterocycles. The van der Waals surface area contributed by atoms with E-state index in [0.29, 0.717) is 0 Å². The third-order valence-electron chi connectivity index (χ3n) is 2.86. The molecule has 0 bridgehead atoms.